The van der Waals surface area contributed by atoms with Crippen molar-refractivity contribution in [3.05, 3.63) is 77.8 Å². The number of hydrogen-bond donors (Lipinski definition) is 2. The van der Waals surface area contributed by atoms with Crippen molar-refractivity contribution < 1.29 is 9.18 Å². The Bertz CT molecular complexity index is 886. The van der Waals surface area contributed by atoms with Crippen LogP contribution in [0.3, 0.4) is 0 Å². The molecule has 0 radical (unpaired) electrons. The molecule has 0 saturated carbocycles. The van der Waals surface area contributed by atoms with Gasteiger partial charge < -0.3 is 10.6 Å². The molecule has 25 heavy (non-hydrogen) atoms. The highest BCUT2D eigenvalue weighted by molar-refractivity contribution is 5.93. The number of halogens is 1. The molecule has 0 atom stereocenters. The van der Waals surface area contributed by atoms with Crippen LogP contribution in [0.1, 0.15) is 22.0 Å². The number of carbonyl (C=O) groups excluding carboxylic acids is 1. The number of hydrogen-bond acceptors (Lipinski definition) is 5. The summed E-state index contributed by atoms with van der Waals surface area (Å²) in [5, 5.41) is 5.61. The van der Waals surface area contributed by atoms with E-state index in [-0.39, 0.29) is 17.3 Å². The molecule has 0 aliphatic rings. The Labute approximate surface area is 144 Å². The topological polar surface area (TPSA) is 79.8 Å². The molecule has 1 amide bonds. The van der Waals surface area contributed by atoms with Crippen LogP contribution in [-0.4, -0.2) is 20.9 Å². The molecule has 1 aromatic carbocycles. The van der Waals surface area contributed by atoms with Gasteiger partial charge in [-0.25, -0.2) is 14.4 Å². The van der Waals surface area contributed by atoms with Gasteiger partial charge in [-0.1, -0.05) is 18.2 Å². The average molecular weight is 337 g/mol. The van der Waals surface area contributed by atoms with E-state index in [1.54, 1.807) is 37.4 Å². The molecule has 2 N–H and O–H groups in total. The van der Waals surface area contributed by atoms with Crippen LogP contribution in [0.2, 0.25) is 0 Å². The molecular weight excluding hydrogens is 321 g/mol. The first kappa shape index (κ1) is 16.5. The molecule has 0 bridgehead atoms. The SMILES string of the molecule is Cc1nc(Nc2ccccc2F)cc(C(=O)NCc2ccccn2)n1. The molecule has 3 aromatic rings. The maximum atomic E-state index is 13.8. The first-order valence-electron chi connectivity index (χ1n) is 7.67. The van der Waals surface area contributed by atoms with Crippen molar-refractivity contribution in [2.75, 3.05) is 5.32 Å². The van der Waals surface area contributed by atoms with Crippen molar-refractivity contribution in [1.29, 1.82) is 0 Å². The summed E-state index contributed by atoms with van der Waals surface area (Å²) in [5.41, 5.74) is 1.22. The fourth-order valence-corrected chi connectivity index (χ4v) is 2.21. The third-order valence-electron chi connectivity index (χ3n) is 3.36. The van der Waals surface area contributed by atoms with E-state index >= 15 is 0 Å². The number of aryl methyl sites for hydroxylation is 1. The minimum absolute atomic E-state index is 0.197. The third-order valence-corrected chi connectivity index (χ3v) is 3.36. The van der Waals surface area contributed by atoms with Gasteiger partial charge in [-0.05, 0) is 31.2 Å². The number of anilines is 2. The Kier molecular flexibility index (Phi) is 4.94. The predicted octanol–water partition coefficient (Wildman–Crippen LogP) is 2.99. The van der Waals surface area contributed by atoms with Gasteiger partial charge in [-0.15, -0.1) is 0 Å². The predicted molar refractivity (Wildman–Crippen MR) is 91.9 cm³/mol. The lowest BCUT2D eigenvalue weighted by atomic mass is 10.3. The molecule has 0 saturated heterocycles. The molecule has 6 nitrogen and oxygen atoms in total. The molecule has 0 spiro atoms. The van der Waals surface area contributed by atoms with Crippen molar-refractivity contribution in [1.82, 2.24) is 20.3 Å². The van der Waals surface area contributed by atoms with E-state index in [1.807, 2.05) is 12.1 Å². The number of amides is 1. The van der Waals surface area contributed by atoms with Gasteiger partial charge in [0.15, 0.2) is 0 Å². The molecule has 0 fully saturated rings. The zero-order valence-electron chi connectivity index (χ0n) is 13.5. The van der Waals surface area contributed by atoms with Crippen LogP contribution < -0.4 is 10.6 Å². The molecule has 7 heteroatoms. The van der Waals surface area contributed by atoms with Crippen LogP contribution in [0.25, 0.3) is 0 Å². The maximum Gasteiger partial charge on any atom is 0.270 e. The number of benzene rings is 1. The van der Waals surface area contributed by atoms with Crippen molar-refractivity contribution in [3.63, 3.8) is 0 Å². The van der Waals surface area contributed by atoms with E-state index in [0.29, 0.717) is 18.2 Å². The highest BCUT2D eigenvalue weighted by Crippen LogP contribution is 2.18. The van der Waals surface area contributed by atoms with Gasteiger partial charge in [-0.3, -0.25) is 9.78 Å². The van der Waals surface area contributed by atoms with Crippen LogP contribution in [0.5, 0.6) is 0 Å². The van der Waals surface area contributed by atoms with Crippen molar-refractivity contribution in [2.45, 2.75) is 13.5 Å². The minimum Gasteiger partial charge on any atom is -0.345 e. The van der Waals surface area contributed by atoms with Crippen LogP contribution in [0, 0.1) is 12.7 Å². The van der Waals surface area contributed by atoms with Gasteiger partial charge in [0.05, 0.1) is 17.9 Å². The summed E-state index contributed by atoms with van der Waals surface area (Å²) in [6, 6.07) is 13.2. The average Bonchev–Trinajstić information content (AvgIpc) is 2.62. The van der Waals surface area contributed by atoms with Gasteiger partial charge in [0.2, 0.25) is 0 Å². The second-order valence-corrected chi connectivity index (χ2v) is 5.29. The number of nitrogens with one attached hydrogen (secondary N) is 2. The van der Waals surface area contributed by atoms with E-state index in [0.717, 1.165) is 5.69 Å². The number of pyridine rings is 1. The van der Waals surface area contributed by atoms with Gasteiger partial charge in [0.25, 0.3) is 5.91 Å². The van der Waals surface area contributed by atoms with Gasteiger partial charge in [-0.2, -0.15) is 0 Å². The van der Waals surface area contributed by atoms with Crippen molar-refractivity contribution in [3.8, 4) is 0 Å². The Morgan fingerprint density at radius 2 is 1.92 bits per heavy atom. The van der Waals surface area contributed by atoms with E-state index in [2.05, 4.69) is 25.6 Å². The second kappa shape index (κ2) is 7.48. The summed E-state index contributed by atoms with van der Waals surface area (Å²) in [7, 11) is 0. The highest BCUT2D eigenvalue weighted by atomic mass is 19.1. The molecule has 0 unspecified atom stereocenters. The van der Waals surface area contributed by atoms with E-state index in [1.165, 1.54) is 12.1 Å². The smallest absolute Gasteiger partial charge is 0.270 e. The lowest BCUT2D eigenvalue weighted by Crippen LogP contribution is -2.24. The van der Waals surface area contributed by atoms with E-state index in [4.69, 9.17) is 0 Å². The van der Waals surface area contributed by atoms with Crippen LogP contribution in [0.15, 0.2) is 54.7 Å². The number of para-hydroxylation sites is 1. The van der Waals surface area contributed by atoms with Gasteiger partial charge in [0, 0.05) is 12.3 Å². The van der Waals surface area contributed by atoms with Gasteiger partial charge in [0.1, 0.15) is 23.2 Å². The highest BCUT2D eigenvalue weighted by Gasteiger charge is 2.11. The summed E-state index contributed by atoms with van der Waals surface area (Å²) < 4.78 is 13.8. The molecule has 3 rings (SSSR count). The zero-order chi connectivity index (χ0) is 17.6. The molecule has 0 aliphatic carbocycles. The van der Waals surface area contributed by atoms with Crippen LogP contribution >= 0.6 is 0 Å². The summed E-state index contributed by atoms with van der Waals surface area (Å²) in [5.74, 6) is -0.00225. The Balaban J connectivity index is 1.74. The third kappa shape index (κ3) is 4.35. The Morgan fingerprint density at radius 1 is 1.12 bits per heavy atom. The maximum absolute atomic E-state index is 13.8. The minimum atomic E-state index is -0.403. The number of nitrogens with zero attached hydrogens (tertiary/aromatic N) is 3. The quantitative estimate of drug-likeness (QED) is 0.748. The summed E-state index contributed by atoms with van der Waals surface area (Å²) in [6.45, 7) is 1.96. The molecule has 126 valence electrons. The monoisotopic (exact) mass is 337 g/mol. The van der Waals surface area contributed by atoms with Crippen molar-refractivity contribution in [2.24, 2.45) is 0 Å². The van der Waals surface area contributed by atoms with Gasteiger partial charge >= 0.3 is 0 Å². The summed E-state index contributed by atoms with van der Waals surface area (Å²) >= 11 is 0. The zero-order valence-corrected chi connectivity index (χ0v) is 13.5. The molecule has 2 aromatic heterocycles. The first-order chi connectivity index (χ1) is 12.1. The van der Waals surface area contributed by atoms with E-state index in [9.17, 15) is 9.18 Å². The number of aromatic nitrogens is 3. The van der Waals surface area contributed by atoms with E-state index < -0.39 is 5.82 Å². The standard InChI is InChI=1S/C18H16FN5O/c1-12-22-16(18(25)21-11-13-6-4-5-9-20-13)10-17(23-12)24-15-8-3-2-7-14(15)19/h2-10H,11H2,1H3,(H,21,25)(H,22,23,24). The lowest BCUT2D eigenvalue weighted by molar-refractivity contribution is 0.0945. The fourth-order valence-electron chi connectivity index (χ4n) is 2.21. The molecule has 0 aliphatic heterocycles. The Hall–Kier alpha value is -3.35. The molecule has 2 heterocycles. The van der Waals surface area contributed by atoms with Crippen molar-refractivity contribution >= 4 is 17.4 Å². The van der Waals surface area contributed by atoms with Crippen LogP contribution in [-0.2, 0) is 6.54 Å². The molecular formula is C18H16FN5O. The normalized spacial score (nSPS) is 10.3. The largest absolute Gasteiger partial charge is 0.345 e. The number of rotatable bonds is 5. The summed E-state index contributed by atoms with van der Waals surface area (Å²) in [6.07, 6.45) is 1.66. The Morgan fingerprint density at radius 3 is 2.68 bits per heavy atom. The first-order valence-corrected chi connectivity index (χ1v) is 7.67. The summed E-state index contributed by atoms with van der Waals surface area (Å²) in [4.78, 5) is 24.8. The second-order valence-electron chi connectivity index (χ2n) is 5.29. The number of carbonyl (C=O) groups is 1. The lowest BCUT2D eigenvalue weighted by Gasteiger charge is -2.09. The fraction of sp³-hybridized carbons (Fsp3) is 0.111. The van der Waals surface area contributed by atoms with Crippen LogP contribution in [0.4, 0.5) is 15.9 Å².